The standard InChI is InChI=1S/C20H15NO4/c21-17-11-15(10-16(19(17)23)20(24)25)18(22)14-8-6-13(7-9-14)12-4-2-1-3-5-12/h1-11,23H,21H2,(H,24,25). The predicted octanol–water partition coefficient (Wildman–Crippen LogP) is 3.57. The zero-order chi connectivity index (χ0) is 18.0. The minimum Gasteiger partial charge on any atom is -0.505 e. The van der Waals surface area contributed by atoms with Crippen molar-refractivity contribution >= 4 is 17.4 Å². The number of nitrogens with two attached hydrogens (primary N) is 1. The number of rotatable bonds is 4. The summed E-state index contributed by atoms with van der Waals surface area (Å²) in [6, 6.07) is 19.1. The number of carboxylic acid groups (broad SMARTS) is 1. The first-order chi connectivity index (χ1) is 12.0. The van der Waals surface area contributed by atoms with Crippen molar-refractivity contribution in [3.63, 3.8) is 0 Å². The third kappa shape index (κ3) is 3.21. The number of carboxylic acids is 1. The fraction of sp³-hybridized carbons (Fsp3) is 0. The molecule has 0 aliphatic heterocycles. The lowest BCUT2D eigenvalue weighted by atomic mass is 9.97. The highest BCUT2D eigenvalue weighted by Crippen LogP contribution is 2.28. The van der Waals surface area contributed by atoms with Crippen LogP contribution in [-0.4, -0.2) is 22.0 Å². The van der Waals surface area contributed by atoms with Crippen LogP contribution >= 0.6 is 0 Å². The molecule has 0 heterocycles. The summed E-state index contributed by atoms with van der Waals surface area (Å²) in [6.07, 6.45) is 0. The van der Waals surface area contributed by atoms with Gasteiger partial charge in [-0.25, -0.2) is 4.79 Å². The first-order valence-electron chi connectivity index (χ1n) is 7.53. The van der Waals surface area contributed by atoms with E-state index in [9.17, 15) is 14.7 Å². The van der Waals surface area contributed by atoms with E-state index in [1.165, 1.54) is 6.07 Å². The molecule has 3 aromatic rings. The second-order valence-electron chi connectivity index (χ2n) is 5.54. The predicted molar refractivity (Wildman–Crippen MR) is 94.8 cm³/mol. The molecule has 0 saturated carbocycles. The monoisotopic (exact) mass is 333 g/mol. The van der Waals surface area contributed by atoms with Gasteiger partial charge in [-0.2, -0.15) is 0 Å². The van der Waals surface area contributed by atoms with E-state index in [2.05, 4.69) is 0 Å². The largest absolute Gasteiger partial charge is 0.505 e. The van der Waals surface area contributed by atoms with E-state index in [0.29, 0.717) is 5.56 Å². The van der Waals surface area contributed by atoms with Gasteiger partial charge in [0.2, 0.25) is 0 Å². The Balaban J connectivity index is 1.95. The van der Waals surface area contributed by atoms with Gasteiger partial charge in [-0.05, 0) is 23.3 Å². The fourth-order valence-electron chi connectivity index (χ4n) is 2.56. The van der Waals surface area contributed by atoms with Crippen molar-refractivity contribution in [2.24, 2.45) is 0 Å². The van der Waals surface area contributed by atoms with E-state index in [1.807, 2.05) is 42.5 Å². The number of hydrogen-bond acceptors (Lipinski definition) is 4. The van der Waals surface area contributed by atoms with Gasteiger partial charge in [0.25, 0.3) is 0 Å². The van der Waals surface area contributed by atoms with Crippen molar-refractivity contribution in [3.8, 4) is 16.9 Å². The van der Waals surface area contributed by atoms with Crippen LogP contribution in [-0.2, 0) is 0 Å². The number of benzene rings is 3. The molecule has 3 aromatic carbocycles. The topological polar surface area (TPSA) is 101 Å². The van der Waals surface area contributed by atoms with Crippen molar-refractivity contribution in [1.29, 1.82) is 0 Å². The Labute approximate surface area is 144 Å². The molecule has 0 bridgehead atoms. The summed E-state index contributed by atoms with van der Waals surface area (Å²) in [5, 5.41) is 18.8. The third-order valence-electron chi connectivity index (χ3n) is 3.89. The van der Waals surface area contributed by atoms with Gasteiger partial charge in [0.1, 0.15) is 5.56 Å². The van der Waals surface area contributed by atoms with Gasteiger partial charge in [0.15, 0.2) is 11.5 Å². The molecular weight excluding hydrogens is 318 g/mol. The molecule has 3 rings (SSSR count). The van der Waals surface area contributed by atoms with Crippen molar-refractivity contribution in [2.75, 3.05) is 5.73 Å². The number of ketones is 1. The summed E-state index contributed by atoms with van der Waals surface area (Å²) >= 11 is 0. The van der Waals surface area contributed by atoms with E-state index in [-0.39, 0.29) is 17.0 Å². The summed E-state index contributed by atoms with van der Waals surface area (Å²) in [5.74, 6) is -2.25. The summed E-state index contributed by atoms with van der Waals surface area (Å²) in [7, 11) is 0. The van der Waals surface area contributed by atoms with E-state index < -0.39 is 17.3 Å². The van der Waals surface area contributed by atoms with Crippen LogP contribution < -0.4 is 5.73 Å². The number of nitrogen functional groups attached to an aromatic ring is 1. The van der Waals surface area contributed by atoms with Crippen LogP contribution in [0.1, 0.15) is 26.3 Å². The van der Waals surface area contributed by atoms with Crippen molar-refractivity contribution in [3.05, 3.63) is 83.4 Å². The molecule has 124 valence electrons. The molecule has 4 N–H and O–H groups in total. The molecule has 0 saturated heterocycles. The van der Waals surface area contributed by atoms with Crippen LogP contribution in [0.25, 0.3) is 11.1 Å². The van der Waals surface area contributed by atoms with Gasteiger partial charge in [0.05, 0.1) is 5.69 Å². The molecule has 0 fully saturated rings. The summed E-state index contributed by atoms with van der Waals surface area (Å²) in [4.78, 5) is 23.8. The number of aromatic carboxylic acids is 1. The minimum atomic E-state index is -1.35. The molecule has 0 radical (unpaired) electrons. The van der Waals surface area contributed by atoms with Crippen LogP contribution in [0.4, 0.5) is 5.69 Å². The quantitative estimate of drug-likeness (QED) is 0.385. The summed E-state index contributed by atoms with van der Waals surface area (Å²) < 4.78 is 0. The molecule has 0 aliphatic carbocycles. The number of carbonyl (C=O) groups is 2. The Morgan fingerprint density at radius 2 is 1.40 bits per heavy atom. The van der Waals surface area contributed by atoms with Crippen LogP contribution in [0.5, 0.6) is 5.75 Å². The minimum absolute atomic E-state index is 0.111. The van der Waals surface area contributed by atoms with Crippen LogP contribution in [0, 0.1) is 0 Å². The maximum absolute atomic E-state index is 12.6. The average molecular weight is 333 g/mol. The van der Waals surface area contributed by atoms with E-state index >= 15 is 0 Å². The molecule has 5 heteroatoms. The smallest absolute Gasteiger partial charge is 0.339 e. The SMILES string of the molecule is Nc1cc(C(=O)c2ccc(-c3ccccc3)cc2)cc(C(=O)O)c1O. The van der Waals surface area contributed by atoms with Crippen LogP contribution in [0.3, 0.4) is 0 Å². The number of aromatic hydroxyl groups is 1. The maximum Gasteiger partial charge on any atom is 0.339 e. The van der Waals surface area contributed by atoms with Gasteiger partial charge in [-0.15, -0.1) is 0 Å². The van der Waals surface area contributed by atoms with Crippen LogP contribution in [0.2, 0.25) is 0 Å². The molecule has 0 aromatic heterocycles. The Morgan fingerprint density at radius 1 is 0.800 bits per heavy atom. The zero-order valence-corrected chi connectivity index (χ0v) is 13.1. The van der Waals surface area contributed by atoms with Crippen molar-refractivity contribution in [2.45, 2.75) is 0 Å². The molecule has 0 unspecified atom stereocenters. The van der Waals surface area contributed by atoms with Gasteiger partial charge in [-0.3, -0.25) is 4.79 Å². The normalized spacial score (nSPS) is 10.4. The number of phenols is 1. The Kier molecular flexibility index (Phi) is 4.22. The highest BCUT2D eigenvalue weighted by Gasteiger charge is 2.18. The van der Waals surface area contributed by atoms with Crippen molar-refractivity contribution in [1.82, 2.24) is 0 Å². The Morgan fingerprint density at radius 3 is 2.00 bits per heavy atom. The molecule has 0 atom stereocenters. The Bertz CT molecular complexity index is 947. The second-order valence-corrected chi connectivity index (χ2v) is 5.54. The second kappa shape index (κ2) is 6.49. The average Bonchev–Trinajstić information content (AvgIpc) is 2.64. The highest BCUT2D eigenvalue weighted by atomic mass is 16.4. The van der Waals surface area contributed by atoms with Crippen molar-refractivity contribution < 1.29 is 19.8 Å². The van der Waals surface area contributed by atoms with Gasteiger partial charge in [0, 0.05) is 11.1 Å². The van der Waals surface area contributed by atoms with Gasteiger partial charge in [-0.1, -0.05) is 54.6 Å². The van der Waals surface area contributed by atoms with E-state index in [0.717, 1.165) is 17.2 Å². The van der Waals surface area contributed by atoms with Gasteiger partial charge < -0.3 is 15.9 Å². The lowest BCUT2D eigenvalue weighted by Gasteiger charge is -2.08. The molecule has 0 aliphatic rings. The van der Waals surface area contributed by atoms with Crippen LogP contribution in [0.15, 0.2) is 66.7 Å². The first-order valence-corrected chi connectivity index (χ1v) is 7.53. The number of anilines is 1. The lowest BCUT2D eigenvalue weighted by molar-refractivity contribution is 0.0694. The molecule has 25 heavy (non-hydrogen) atoms. The lowest BCUT2D eigenvalue weighted by Crippen LogP contribution is -2.06. The molecule has 0 amide bonds. The highest BCUT2D eigenvalue weighted by molar-refractivity contribution is 6.11. The molecule has 0 spiro atoms. The zero-order valence-electron chi connectivity index (χ0n) is 13.1. The number of hydrogen-bond donors (Lipinski definition) is 3. The van der Waals surface area contributed by atoms with E-state index in [4.69, 9.17) is 10.8 Å². The molecular formula is C20H15NO4. The third-order valence-corrected chi connectivity index (χ3v) is 3.89. The Hall–Kier alpha value is -3.60. The van der Waals surface area contributed by atoms with E-state index in [1.54, 1.807) is 12.1 Å². The first kappa shape index (κ1) is 16.3. The molecule has 5 nitrogen and oxygen atoms in total. The fourth-order valence-corrected chi connectivity index (χ4v) is 2.56. The summed E-state index contributed by atoms with van der Waals surface area (Å²) in [6.45, 7) is 0. The van der Waals surface area contributed by atoms with Gasteiger partial charge >= 0.3 is 5.97 Å². The maximum atomic E-state index is 12.6. The number of carbonyl (C=O) groups excluding carboxylic acids is 1. The summed E-state index contributed by atoms with van der Waals surface area (Å²) in [5.41, 5.74) is 7.57.